The summed E-state index contributed by atoms with van der Waals surface area (Å²) in [6.45, 7) is 20.2. The first-order valence-electron chi connectivity index (χ1n) is 17.4. The molecular weight excluding hydrogens is 624 g/mol. The number of unbranched alkanes of at least 4 members (excludes halogenated alkanes) is 2. The minimum atomic E-state index is 0.273. The quantitative estimate of drug-likeness (QED) is 0.0806. The van der Waals surface area contributed by atoms with E-state index in [1.165, 1.54) is 103 Å². The summed E-state index contributed by atoms with van der Waals surface area (Å²) in [6.07, 6.45) is 21.1. The number of hydrogen-bond acceptors (Lipinski definition) is 4. The summed E-state index contributed by atoms with van der Waals surface area (Å²) >= 11 is 7.62. The highest BCUT2D eigenvalue weighted by Gasteiger charge is 2.45. The van der Waals surface area contributed by atoms with Crippen molar-refractivity contribution < 1.29 is 0 Å². The molecule has 2 aliphatic heterocycles. The van der Waals surface area contributed by atoms with Gasteiger partial charge in [-0.1, -0.05) is 100 Å². The van der Waals surface area contributed by atoms with Crippen LogP contribution in [0.2, 0.25) is 0 Å². The fourth-order valence-electron chi connectivity index (χ4n) is 8.30. The monoisotopic (exact) mass is 690 g/mol. The summed E-state index contributed by atoms with van der Waals surface area (Å²) in [6, 6.07) is 1.81. The smallest absolute Gasteiger partial charge is 0.0712 e. The Morgan fingerprint density at radius 2 is 1.00 bits per heavy atom. The Bertz CT molecular complexity index is 643. The van der Waals surface area contributed by atoms with Crippen LogP contribution >= 0.6 is 31.9 Å². The number of hydrogen-bond donors (Lipinski definition) is 4. The van der Waals surface area contributed by atoms with E-state index in [4.69, 9.17) is 0 Å². The molecule has 2 saturated heterocycles. The summed E-state index contributed by atoms with van der Waals surface area (Å²) < 4.78 is 0.375. The lowest BCUT2D eigenvalue weighted by Gasteiger charge is -2.53. The van der Waals surface area contributed by atoms with Crippen LogP contribution in [0.5, 0.6) is 0 Å². The zero-order valence-electron chi connectivity index (χ0n) is 27.8. The lowest BCUT2D eigenvalue weighted by Crippen LogP contribution is -2.66. The van der Waals surface area contributed by atoms with E-state index in [0.717, 1.165) is 13.0 Å². The highest BCUT2D eigenvalue weighted by molar-refractivity contribution is 9.24. The molecule has 40 heavy (non-hydrogen) atoms. The second-order valence-corrected chi connectivity index (χ2v) is 17.1. The van der Waals surface area contributed by atoms with Crippen LogP contribution in [0.15, 0.2) is 0 Å². The van der Waals surface area contributed by atoms with Gasteiger partial charge in [0.2, 0.25) is 0 Å². The predicted octanol–water partition coefficient (Wildman–Crippen LogP) is 9.34. The summed E-state index contributed by atoms with van der Waals surface area (Å²) in [7, 11) is 0. The first-order chi connectivity index (χ1) is 19.1. The van der Waals surface area contributed by atoms with E-state index in [9.17, 15) is 0 Å². The molecule has 4 nitrogen and oxygen atoms in total. The fourth-order valence-corrected chi connectivity index (χ4v) is 9.20. The van der Waals surface area contributed by atoms with Crippen molar-refractivity contribution >= 4 is 31.9 Å². The number of alkyl halides is 2. The van der Waals surface area contributed by atoms with Gasteiger partial charge < -0.3 is 21.3 Å². The van der Waals surface area contributed by atoms with Gasteiger partial charge in [-0.15, -0.1) is 0 Å². The van der Waals surface area contributed by atoms with Crippen LogP contribution in [0.4, 0.5) is 0 Å². The molecule has 6 heteroatoms. The first-order valence-corrected chi connectivity index (χ1v) is 19.2. The van der Waals surface area contributed by atoms with Crippen LogP contribution in [0, 0.1) is 0 Å². The molecule has 2 heterocycles. The SMILES string of the molecule is CCC1(CC)CC(NCCCCCC(CC(Br)Br)NC2CC(CC)(CC)NC(CC)(CC)C2)CC(CC)(CC)N1. The van der Waals surface area contributed by atoms with Crippen molar-refractivity contribution in [3.8, 4) is 0 Å². The molecule has 1 atom stereocenters. The van der Waals surface area contributed by atoms with Crippen molar-refractivity contribution in [3.05, 3.63) is 0 Å². The van der Waals surface area contributed by atoms with Crippen molar-refractivity contribution in [2.24, 2.45) is 0 Å². The van der Waals surface area contributed by atoms with Gasteiger partial charge in [0.15, 0.2) is 0 Å². The third-order valence-corrected chi connectivity index (χ3v) is 12.4. The highest BCUT2D eigenvalue weighted by Crippen LogP contribution is 2.39. The zero-order valence-corrected chi connectivity index (χ0v) is 31.0. The Morgan fingerprint density at radius 3 is 1.38 bits per heavy atom. The summed E-state index contributed by atoms with van der Waals surface area (Å²) in [4.78, 5) is 0. The Labute approximate surface area is 267 Å². The number of piperidine rings is 2. The third kappa shape index (κ3) is 10.2. The van der Waals surface area contributed by atoms with Gasteiger partial charge in [0.25, 0.3) is 0 Å². The van der Waals surface area contributed by atoms with Gasteiger partial charge in [-0.25, -0.2) is 0 Å². The lowest BCUT2D eigenvalue weighted by molar-refractivity contribution is 0.0787. The Balaban J connectivity index is 1.89. The van der Waals surface area contributed by atoms with Crippen LogP contribution in [0.3, 0.4) is 0 Å². The second-order valence-electron chi connectivity index (χ2n) is 13.7. The van der Waals surface area contributed by atoms with Gasteiger partial charge in [0.05, 0.1) is 3.74 Å². The van der Waals surface area contributed by atoms with Gasteiger partial charge in [0, 0.05) is 40.3 Å². The Hall–Kier alpha value is 0.800. The average molecular weight is 693 g/mol. The molecular formula is C34H68Br2N4. The molecule has 0 aliphatic carbocycles. The maximum absolute atomic E-state index is 4.20. The molecule has 2 rings (SSSR count). The molecule has 238 valence electrons. The van der Waals surface area contributed by atoms with Crippen LogP contribution < -0.4 is 21.3 Å². The summed E-state index contributed by atoms with van der Waals surface area (Å²) in [5.41, 5.74) is 1.15. The van der Waals surface area contributed by atoms with E-state index >= 15 is 0 Å². The van der Waals surface area contributed by atoms with E-state index in [-0.39, 0.29) is 11.1 Å². The number of nitrogens with one attached hydrogen (secondary N) is 4. The van der Waals surface area contributed by atoms with Crippen molar-refractivity contribution in [3.63, 3.8) is 0 Å². The topological polar surface area (TPSA) is 48.1 Å². The molecule has 2 fully saturated rings. The van der Waals surface area contributed by atoms with E-state index in [1.54, 1.807) is 0 Å². The molecule has 0 spiro atoms. The van der Waals surface area contributed by atoms with E-state index < -0.39 is 0 Å². The summed E-state index contributed by atoms with van der Waals surface area (Å²) in [5.74, 6) is 0. The van der Waals surface area contributed by atoms with Crippen LogP contribution in [-0.4, -0.2) is 50.6 Å². The van der Waals surface area contributed by atoms with Gasteiger partial charge in [-0.05, 0) is 103 Å². The van der Waals surface area contributed by atoms with Gasteiger partial charge in [0.1, 0.15) is 0 Å². The summed E-state index contributed by atoms with van der Waals surface area (Å²) in [5, 5.41) is 16.5. The molecule has 0 saturated carbocycles. The van der Waals surface area contributed by atoms with Gasteiger partial charge >= 0.3 is 0 Å². The molecule has 0 bridgehead atoms. The minimum absolute atomic E-state index is 0.273. The fraction of sp³-hybridized carbons (Fsp3) is 1.00. The van der Waals surface area contributed by atoms with Crippen LogP contribution in [0.1, 0.15) is 165 Å². The van der Waals surface area contributed by atoms with E-state index in [1.807, 2.05) is 0 Å². The van der Waals surface area contributed by atoms with Crippen molar-refractivity contribution in [2.45, 2.75) is 209 Å². The lowest BCUT2D eigenvalue weighted by atomic mass is 9.71. The Morgan fingerprint density at radius 1 is 0.600 bits per heavy atom. The minimum Gasteiger partial charge on any atom is -0.314 e. The number of halogens is 2. The molecule has 0 aromatic carbocycles. The first kappa shape index (κ1) is 37.0. The second kappa shape index (κ2) is 17.3. The molecule has 4 N–H and O–H groups in total. The normalized spacial score (nSPS) is 23.5. The van der Waals surface area contributed by atoms with Crippen molar-refractivity contribution in [1.82, 2.24) is 21.3 Å². The van der Waals surface area contributed by atoms with Crippen molar-refractivity contribution in [1.29, 1.82) is 0 Å². The average Bonchev–Trinajstić information content (AvgIpc) is 2.97. The molecule has 0 radical (unpaired) electrons. The van der Waals surface area contributed by atoms with Crippen LogP contribution in [0.25, 0.3) is 0 Å². The number of rotatable bonds is 19. The largest absolute Gasteiger partial charge is 0.314 e. The predicted molar refractivity (Wildman–Crippen MR) is 185 cm³/mol. The maximum Gasteiger partial charge on any atom is 0.0712 e. The molecule has 1 unspecified atom stereocenters. The Kier molecular flexibility index (Phi) is 16.0. The molecule has 2 aliphatic rings. The van der Waals surface area contributed by atoms with E-state index in [2.05, 4.69) is 109 Å². The highest BCUT2D eigenvalue weighted by atomic mass is 79.9. The third-order valence-electron chi connectivity index (χ3n) is 11.6. The molecule has 0 amide bonds. The van der Waals surface area contributed by atoms with E-state index in [0.29, 0.717) is 32.9 Å². The maximum atomic E-state index is 4.20. The van der Waals surface area contributed by atoms with Crippen LogP contribution in [-0.2, 0) is 0 Å². The zero-order chi connectivity index (χ0) is 29.9. The molecule has 0 aromatic heterocycles. The van der Waals surface area contributed by atoms with Gasteiger partial charge in [-0.2, -0.15) is 0 Å². The molecule has 0 aromatic rings. The van der Waals surface area contributed by atoms with Crippen molar-refractivity contribution in [2.75, 3.05) is 6.54 Å². The van der Waals surface area contributed by atoms with Gasteiger partial charge in [-0.3, -0.25) is 0 Å². The standard InChI is InChI=1S/C34H68Br2N4/c1-9-31(10-2)23-28(24-32(11-3,12-4)39-31)37-21-19-17-18-20-27(22-30(35)36)38-29-25-33(13-5,14-6)40-34(15-7,16-8)26-29/h27-30,37-40H,9-26H2,1-8H3.